The fourth-order valence-corrected chi connectivity index (χ4v) is 4.23. The first-order valence-electron chi connectivity index (χ1n) is 8.19. The van der Waals surface area contributed by atoms with Gasteiger partial charge in [0.2, 0.25) is 11.8 Å². The van der Waals surface area contributed by atoms with Crippen molar-refractivity contribution in [2.24, 2.45) is 17.3 Å². The van der Waals surface area contributed by atoms with Crippen molar-refractivity contribution in [1.82, 2.24) is 4.90 Å². The van der Waals surface area contributed by atoms with Gasteiger partial charge in [-0.05, 0) is 24.7 Å². The third-order valence-corrected chi connectivity index (χ3v) is 5.81. The van der Waals surface area contributed by atoms with Crippen LogP contribution in [0.4, 0.5) is 8.78 Å². The first kappa shape index (κ1) is 16.1. The van der Waals surface area contributed by atoms with Gasteiger partial charge in [0.1, 0.15) is 0 Å². The molecule has 126 valence electrons. The van der Waals surface area contributed by atoms with Crippen LogP contribution in [0.15, 0.2) is 0 Å². The van der Waals surface area contributed by atoms with E-state index in [1.165, 1.54) is 0 Å². The molecule has 22 heavy (non-hydrogen) atoms. The number of carbonyl (C=O) groups excluding carboxylic acids is 1. The fourth-order valence-electron chi connectivity index (χ4n) is 4.23. The van der Waals surface area contributed by atoms with Crippen molar-refractivity contribution in [2.75, 3.05) is 40.0 Å². The molecule has 0 N–H and O–H groups in total. The van der Waals surface area contributed by atoms with E-state index in [2.05, 4.69) is 0 Å². The Labute approximate surface area is 130 Å². The molecule has 1 amide bonds. The first-order chi connectivity index (χ1) is 10.5. The lowest BCUT2D eigenvalue weighted by molar-refractivity contribution is -0.164. The largest absolute Gasteiger partial charge is 0.384 e. The number of rotatable bonds is 3. The number of likely N-dealkylation sites (tertiary alicyclic amines) is 1. The molecule has 0 bridgehead atoms. The third kappa shape index (κ3) is 3.00. The van der Waals surface area contributed by atoms with Gasteiger partial charge in [0.15, 0.2) is 0 Å². The van der Waals surface area contributed by atoms with Crippen LogP contribution in [0, 0.1) is 17.3 Å². The average Bonchev–Trinajstić information content (AvgIpc) is 2.48. The van der Waals surface area contributed by atoms with Gasteiger partial charge >= 0.3 is 0 Å². The maximum atomic E-state index is 12.9. The maximum absolute atomic E-state index is 12.9. The highest BCUT2D eigenvalue weighted by molar-refractivity contribution is 5.80. The lowest BCUT2D eigenvalue weighted by Crippen LogP contribution is -2.53. The van der Waals surface area contributed by atoms with E-state index in [1.54, 1.807) is 12.0 Å². The summed E-state index contributed by atoms with van der Waals surface area (Å²) in [5.41, 5.74) is 0.189. The topological polar surface area (TPSA) is 38.8 Å². The highest BCUT2D eigenvalue weighted by Gasteiger charge is 2.51. The van der Waals surface area contributed by atoms with E-state index in [4.69, 9.17) is 9.47 Å². The second-order valence-corrected chi connectivity index (χ2v) is 7.13. The lowest BCUT2D eigenvalue weighted by atomic mass is 9.66. The van der Waals surface area contributed by atoms with Crippen molar-refractivity contribution in [3.05, 3.63) is 0 Å². The smallest absolute Gasteiger partial charge is 0.249 e. The number of carbonyl (C=O) groups is 1. The molecule has 4 nitrogen and oxygen atoms in total. The summed E-state index contributed by atoms with van der Waals surface area (Å²) in [6.07, 6.45) is 2.32. The first-order valence-corrected chi connectivity index (χ1v) is 8.19. The van der Waals surface area contributed by atoms with E-state index in [1.807, 2.05) is 0 Å². The Balaban J connectivity index is 1.56. The van der Waals surface area contributed by atoms with Gasteiger partial charge in [-0.25, -0.2) is 8.78 Å². The van der Waals surface area contributed by atoms with E-state index in [-0.39, 0.29) is 24.2 Å². The zero-order valence-corrected chi connectivity index (χ0v) is 13.2. The van der Waals surface area contributed by atoms with Gasteiger partial charge < -0.3 is 14.4 Å². The van der Waals surface area contributed by atoms with Gasteiger partial charge in [0, 0.05) is 51.5 Å². The number of methoxy groups -OCH3 is 1. The van der Waals surface area contributed by atoms with Crippen molar-refractivity contribution in [1.29, 1.82) is 0 Å². The second kappa shape index (κ2) is 6.04. The van der Waals surface area contributed by atoms with E-state index in [0.717, 1.165) is 32.5 Å². The summed E-state index contributed by atoms with van der Waals surface area (Å²) in [5, 5.41) is 0. The van der Waals surface area contributed by atoms with Crippen molar-refractivity contribution < 1.29 is 23.0 Å². The minimum absolute atomic E-state index is 0.0730. The molecule has 3 fully saturated rings. The molecular formula is C16H25F2NO3. The number of nitrogens with zero attached hydrogens (tertiary/aromatic N) is 1. The monoisotopic (exact) mass is 317 g/mol. The van der Waals surface area contributed by atoms with Crippen LogP contribution in [0.2, 0.25) is 0 Å². The zero-order chi connectivity index (χ0) is 15.8. The number of halogens is 2. The van der Waals surface area contributed by atoms with Crippen LogP contribution >= 0.6 is 0 Å². The van der Waals surface area contributed by atoms with Crippen LogP contribution in [0.25, 0.3) is 0 Å². The predicted octanol–water partition coefficient (Wildman–Crippen LogP) is 2.32. The Morgan fingerprint density at radius 3 is 2.55 bits per heavy atom. The number of hydrogen-bond donors (Lipinski definition) is 0. The van der Waals surface area contributed by atoms with Gasteiger partial charge in [-0.1, -0.05) is 0 Å². The van der Waals surface area contributed by atoms with Crippen molar-refractivity contribution in [3.63, 3.8) is 0 Å². The number of amides is 1. The summed E-state index contributed by atoms with van der Waals surface area (Å²) in [5.74, 6) is -2.79. The molecule has 2 saturated heterocycles. The van der Waals surface area contributed by atoms with Crippen molar-refractivity contribution in [2.45, 2.75) is 38.0 Å². The molecule has 0 unspecified atom stereocenters. The molecule has 1 atom stereocenters. The zero-order valence-electron chi connectivity index (χ0n) is 13.2. The van der Waals surface area contributed by atoms with Gasteiger partial charge in [-0.3, -0.25) is 4.79 Å². The molecule has 6 heteroatoms. The normalized spacial score (nSPS) is 31.0. The van der Waals surface area contributed by atoms with Crippen LogP contribution in [0.3, 0.4) is 0 Å². The molecule has 0 radical (unpaired) electrons. The fraction of sp³-hybridized carbons (Fsp3) is 0.938. The van der Waals surface area contributed by atoms with Crippen LogP contribution in [0.1, 0.15) is 32.1 Å². The lowest BCUT2D eigenvalue weighted by Gasteiger charge is -2.49. The number of hydrogen-bond acceptors (Lipinski definition) is 3. The molecule has 3 aliphatic rings. The Morgan fingerprint density at radius 1 is 1.27 bits per heavy atom. The van der Waals surface area contributed by atoms with Crippen LogP contribution in [-0.2, 0) is 14.3 Å². The predicted molar refractivity (Wildman–Crippen MR) is 76.7 cm³/mol. The standard InChI is InChI=1S/C16H25F2NO3/c1-21-10-13-11-22-7-4-15(13)2-5-19(6-3-15)14(20)12-8-16(17,18)9-12/h12-13H,2-11H2,1H3/t13-/m0/s1. The van der Waals surface area contributed by atoms with E-state index >= 15 is 0 Å². The maximum Gasteiger partial charge on any atom is 0.249 e. The van der Waals surface area contributed by atoms with Crippen molar-refractivity contribution >= 4 is 5.91 Å². The van der Waals surface area contributed by atoms with Crippen LogP contribution in [0.5, 0.6) is 0 Å². The van der Waals surface area contributed by atoms with E-state index in [0.29, 0.717) is 25.6 Å². The molecule has 1 spiro atoms. The minimum Gasteiger partial charge on any atom is -0.384 e. The molecule has 0 aromatic rings. The highest BCUT2D eigenvalue weighted by Crippen LogP contribution is 2.47. The Kier molecular flexibility index (Phi) is 4.42. The minimum atomic E-state index is -2.62. The number of ether oxygens (including phenoxy) is 2. The van der Waals surface area contributed by atoms with Gasteiger partial charge in [0.05, 0.1) is 13.2 Å². The van der Waals surface area contributed by atoms with Crippen LogP contribution < -0.4 is 0 Å². The second-order valence-electron chi connectivity index (χ2n) is 7.13. The summed E-state index contributed by atoms with van der Waals surface area (Å²) in [7, 11) is 1.71. The van der Waals surface area contributed by atoms with Crippen LogP contribution in [-0.4, -0.2) is 56.7 Å². The Bertz CT molecular complexity index is 412. The molecule has 1 aliphatic carbocycles. The molecule has 0 aromatic carbocycles. The molecule has 1 saturated carbocycles. The summed E-state index contributed by atoms with van der Waals surface area (Å²) in [6.45, 7) is 3.53. The SMILES string of the molecule is COC[C@H]1COCCC12CCN(C(=O)C1CC(F)(F)C1)CC2. The number of piperidine rings is 1. The van der Waals surface area contributed by atoms with Gasteiger partial charge in [-0.15, -0.1) is 0 Å². The molecule has 0 aromatic heterocycles. The van der Waals surface area contributed by atoms with Gasteiger partial charge in [0.25, 0.3) is 0 Å². The van der Waals surface area contributed by atoms with Gasteiger partial charge in [-0.2, -0.15) is 0 Å². The summed E-state index contributed by atoms with van der Waals surface area (Å²) < 4.78 is 36.8. The molecule has 3 rings (SSSR count). The molecule has 2 heterocycles. The molecule has 2 aliphatic heterocycles. The highest BCUT2D eigenvalue weighted by atomic mass is 19.3. The van der Waals surface area contributed by atoms with E-state index < -0.39 is 11.8 Å². The quantitative estimate of drug-likeness (QED) is 0.802. The summed E-state index contributed by atoms with van der Waals surface area (Å²) >= 11 is 0. The van der Waals surface area contributed by atoms with E-state index in [9.17, 15) is 13.6 Å². The average molecular weight is 317 g/mol. The summed E-state index contributed by atoms with van der Waals surface area (Å²) in [4.78, 5) is 14.1. The third-order valence-electron chi connectivity index (χ3n) is 5.81. The Hall–Kier alpha value is -0.750. The Morgan fingerprint density at radius 2 is 1.95 bits per heavy atom. The molecular weight excluding hydrogens is 292 g/mol. The summed E-state index contributed by atoms with van der Waals surface area (Å²) in [6, 6.07) is 0. The van der Waals surface area contributed by atoms with Crippen molar-refractivity contribution in [3.8, 4) is 0 Å². The number of alkyl halides is 2.